The van der Waals surface area contributed by atoms with Crippen molar-refractivity contribution in [3.05, 3.63) is 11.8 Å². The maximum absolute atomic E-state index is 12.0. The lowest BCUT2D eigenvalue weighted by atomic mass is 9.83. The van der Waals surface area contributed by atoms with E-state index in [1.54, 1.807) is 6.92 Å². The molecule has 5 N–H and O–H groups in total. The molecule has 2 fully saturated rings. The van der Waals surface area contributed by atoms with Crippen LogP contribution in [0.5, 0.6) is 0 Å². The molecule has 2 heterocycles. The number of hydrogen-bond donors (Lipinski definition) is 5. The molecule has 10 nitrogen and oxygen atoms in total. The zero-order valence-electron chi connectivity index (χ0n) is 15.0. The molecule has 10 heteroatoms. The second-order valence-corrected chi connectivity index (χ2v) is 7.25. The average Bonchev–Trinajstić information content (AvgIpc) is 2.96. The van der Waals surface area contributed by atoms with Gasteiger partial charge in [-0.25, -0.2) is 4.79 Å². The number of fused-ring (bicyclic) bond motifs is 1. The van der Waals surface area contributed by atoms with Gasteiger partial charge >= 0.3 is 5.97 Å². The lowest BCUT2D eigenvalue weighted by Gasteiger charge is -2.43. The Bertz CT molecular complexity index is 578. The number of carbonyl (C=O) groups excluding carboxylic acids is 1. The fourth-order valence-electron chi connectivity index (χ4n) is 4.10. The van der Waals surface area contributed by atoms with Crippen LogP contribution in [-0.2, 0) is 23.7 Å². The van der Waals surface area contributed by atoms with E-state index in [4.69, 9.17) is 18.9 Å². The number of aliphatic hydroxyl groups is 5. The van der Waals surface area contributed by atoms with Gasteiger partial charge in [-0.1, -0.05) is 6.92 Å². The minimum atomic E-state index is -1.58. The van der Waals surface area contributed by atoms with Crippen LogP contribution in [0.1, 0.15) is 13.3 Å². The Balaban J connectivity index is 1.80. The Morgan fingerprint density at radius 2 is 1.89 bits per heavy atom. The van der Waals surface area contributed by atoms with Crippen LogP contribution in [0.2, 0.25) is 0 Å². The molecule has 0 aromatic carbocycles. The lowest BCUT2D eigenvalue weighted by molar-refractivity contribution is -0.342. The van der Waals surface area contributed by atoms with E-state index in [2.05, 4.69) is 0 Å². The standard InChI is InChI=1S/C17H26O10/c1-6-9(19)3-7-8(15(23)24-2)5-25-16(11(6)7)27-17-14(22)13(21)12(20)10(4-18)26-17/h5-7,9-14,16-22H,3-4H2,1-2H3/t6-,7-,9+,10-,11+,12-,13+,14-,16-,17+/m1/s1. The first-order valence-corrected chi connectivity index (χ1v) is 8.88. The Morgan fingerprint density at radius 3 is 2.52 bits per heavy atom. The summed E-state index contributed by atoms with van der Waals surface area (Å²) in [7, 11) is 1.25. The van der Waals surface area contributed by atoms with Crippen LogP contribution in [0.25, 0.3) is 0 Å². The molecular formula is C17H26O10. The summed E-state index contributed by atoms with van der Waals surface area (Å²) in [5.41, 5.74) is 0.291. The molecule has 3 aliphatic rings. The van der Waals surface area contributed by atoms with Gasteiger partial charge in [0.05, 0.1) is 31.7 Å². The number of esters is 1. The van der Waals surface area contributed by atoms with Crippen molar-refractivity contribution in [2.24, 2.45) is 17.8 Å². The largest absolute Gasteiger partial charge is 0.472 e. The number of carbonyl (C=O) groups is 1. The van der Waals surface area contributed by atoms with Crippen molar-refractivity contribution in [2.75, 3.05) is 13.7 Å². The van der Waals surface area contributed by atoms with Crippen molar-refractivity contribution >= 4 is 5.97 Å². The van der Waals surface area contributed by atoms with Crippen LogP contribution in [0.4, 0.5) is 0 Å². The van der Waals surface area contributed by atoms with Gasteiger partial charge < -0.3 is 44.5 Å². The maximum atomic E-state index is 12.0. The highest BCUT2D eigenvalue weighted by atomic mass is 16.8. The van der Waals surface area contributed by atoms with Crippen LogP contribution in [0.3, 0.4) is 0 Å². The Hall–Kier alpha value is -1.27. The molecule has 0 spiro atoms. The quantitative estimate of drug-likeness (QED) is 0.336. The van der Waals surface area contributed by atoms with Crippen molar-refractivity contribution in [2.45, 2.75) is 56.4 Å². The molecule has 0 amide bonds. The Labute approximate surface area is 155 Å². The van der Waals surface area contributed by atoms with Gasteiger partial charge in [-0.15, -0.1) is 0 Å². The SMILES string of the molecule is COC(=O)C1=CO[C@H](O[C@@H]2O[C@H](CO)[C@@H](O)[C@H](O)[C@H]2O)[C@H]2[C@H](C)[C@@H](O)C[C@H]12. The summed E-state index contributed by atoms with van der Waals surface area (Å²) in [6.07, 6.45) is -7.25. The predicted molar refractivity (Wildman–Crippen MR) is 86.6 cm³/mol. The topological polar surface area (TPSA) is 155 Å². The predicted octanol–water partition coefficient (Wildman–Crippen LogP) is -2.15. The van der Waals surface area contributed by atoms with Crippen LogP contribution >= 0.6 is 0 Å². The molecule has 1 aliphatic carbocycles. The third-order valence-corrected chi connectivity index (χ3v) is 5.75. The van der Waals surface area contributed by atoms with E-state index in [1.165, 1.54) is 13.4 Å². The van der Waals surface area contributed by atoms with Crippen LogP contribution in [-0.4, -0.2) is 88.3 Å². The minimum absolute atomic E-state index is 0.279. The van der Waals surface area contributed by atoms with Gasteiger partial charge in [0.1, 0.15) is 24.4 Å². The van der Waals surface area contributed by atoms with Crippen LogP contribution in [0, 0.1) is 17.8 Å². The minimum Gasteiger partial charge on any atom is -0.472 e. The van der Waals surface area contributed by atoms with Gasteiger partial charge in [-0.2, -0.15) is 0 Å². The first kappa shape index (κ1) is 20.5. The van der Waals surface area contributed by atoms with Gasteiger partial charge in [0, 0.05) is 11.8 Å². The third kappa shape index (κ3) is 3.58. The number of ether oxygens (including phenoxy) is 4. The fraction of sp³-hybridized carbons (Fsp3) is 0.824. The van der Waals surface area contributed by atoms with E-state index in [9.17, 15) is 30.3 Å². The van der Waals surface area contributed by atoms with Crippen molar-refractivity contribution in [3.63, 3.8) is 0 Å². The van der Waals surface area contributed by atoms with E-state index in [1.807, 2.05) is 0 Å². The Morgan fingerprint density at radius 1 is 1.19 bits per heavy atom. The Kier molecular flexibility index (Phi) is 6.06. The van der Waals surface area contributed by atoms with E-state index in [0.717, 1.165) is 0 Å². The van der Waals surface area contributed by atoms with Crippen molar-refractivity contribution < 1.29 is 49.3 Å². The van der Waals surface area contributed by atoms with Crippen molar-refractivity contribution in [1.29, 1.82) is 0 Å². The molecular weight excluding hydrogens is 364 g/mol. The number of aliphatic hydroxyl groups excluding tert-OH is 5. The molecule has 0 unspecified atom stereocenters. The third-order valence-electron chi connectivity index (χ3n) is 5.75. The smallest absolute Gasteiger partial charge is 0.337 e. The molecule has 10 atom stereocenters. The normalized spacial score (nSPS) is 47.0. The number of rotatable bonds is 4. The van der Waals surface area contributed by atoms with Gasteiger partial charge in [-0.3, -0.25) is 0 Å². The summed E-state index contributed by atoms with van der Waals surface area (Å²) >= 11 is 0. The fourth-order valence-corrected chi connectivity index (χ4v) is 4.10. The zero-order valence-corrected chi connectivity index (χ0v) is 15.0. The monoisotopic (exact) mass is 390 g/mol. The molecule has 0 radical (unpaired) electrons. The van der Waals surface area contributed by atoms with E-state index >= 15 is 0 Å². The van der Waals surface area contributed by atoms with Crippen LogP contribution < -0.4 is 0 Å². The molecule has 27 heavy (non-hydrogen) atoms. The second kappa shape index (κ2) is 8.00. The summed E-state index contributed by atoms with van der Waals surface area (Å²) in [6, 6.07) is 0. The summed E-state index contributed by atoms with van der Waals surface area (Å²) in [4.78, 5) is 12.0. The first-order valence-electron chi connectivity index (χ1n) is 8.88. The first-order chi connectivity index (χ1) is 12.8. The van der Waals surface area contributed by atoms with Gasteiger partial charge in [0.2, 0.25) is 6.29 Å². The molecule has 154 valence electrons. The van der Waals surface area contributed by atoms with Crippen molar-refractivity contribution in [3.8, 4) is 0 Å². The molecule has 1 saturated heterocycles. The van der Waals surface area contributed by atoms with Gasteiger partial charge in [0.15, 0.2) is 6.29 Å². The summed E-state index contributed by atoms with van der Waals surface area (Å²) in [5, 5.41) is 49.4. The highest BCUT2D eigenvalue weighted by Gasteiger charge is 2.53. The van der Waals surface area contributed by atoms with E-state index in [0.29, 0.717) is 12.0 Å². The molecule has 0 bridgehead atoms. The second-order valence-electron chi connectivity index (χ2n) is 7.25. The molecule has 0 aromatic heterocycles. The van der Waals surface area contributed by atoms with Gasteiger partial charge in [-0.05, 0) is 12.3 Å². The van der Waals surface area contributed by atoms with Crippen molar-refractivity contribution in [1.82, 2.24) is 0 Å². The summed E-state index contributed by atoms with van der Waals surface area (Å²) < 4.78 is 21.4. The highest BCUT2D eigenvalue weighted by molar-refractivity contribution is 5.89. The average molecular weight is 390 g/mol. The molecule has 0 aromatic rings. The summed E-state index contributed by atoms with van der Waals surface area (Å²) in [5.74, 6) is -1.63. The summed E-state index contributed by atoms with van der Waals surface area (Å²) in [6.45, 7) is 1.21. The zero-order chi connectivity index (χ0) is 19.9. The number of methoxy groups -OCH3 is 1. The van der Waals surface area contributed by atoms with Crippen LogP contribution in [0.15, 0.2) is 11.8 Å². The maximum Gasteiger partial charge on any atom is 0.337 e. The van der Waals surface area contributed by atoms with Gasteiger partial charge in [0.25, 0.3) is 0 Å². The number of hydrogen-bond acceptors (Lipinski definition) is 10. The molecule has 3 rings (SSSR count). The molecule has 2 aliphatic heterocycles. The van der Waals surface area contributed by atoms with E-state index < -0.39 is 61.6 Å². The van der Waals surface area contributed by atoms with E-state index in [-0.39, 0.29) is 11.8 Å². The lowest BCUT2D eigenvalue weighted by Crippen LogP contribution is -2.60. The molecule has 1 saturated carbocycles. The highest BCUT2D eigenvalue weighted by Crippen LogP contribution is 2.47.